The van der Waals surface area contributed by atoms with E-state index in [-0.39, 0.29) is 17.7 Å². The fraction of sp³-hybridized carbons (Fsp3) is 0.167. The van der Waals surface area contributed by atoms with E-state index in [4.69, 9.17) is 0 Å². The number of nitrogens with zero attached hydrogens (tertiary/aromatic N) is 3. The first kappa shape index (κ1) is 18.7. The number of hydrogen-bond donors (Lipinski definition) is 0. The number of nitro benzene ring substituents is 1. The summed E-state index contributed by atoms with van der Waals surface area (Å²) in [5.41, 5.74) is 0.0953. The van der Waals surface area contributed by atoms with Crippen LogP contribution in [-0.4, -0.2) is 46.0 Å². The molecule has 27 heavy (non-hydrogen) atoms. The van der Waals surface area contributed by atoms with Gasteiger partial charge in [0.05, 0.1) is 10.5 Å². The van der Waals surface area contributed by atoms with Gasteiger partial charge < -0.3 is 4.90 Å². The van der Waals surface area contributed by atoms with Crippen LogP contribution >= 0.6 is 15.9 Å². The molecule has 0 aliphatic carbocycles. The van der Waals surface area contributed by atoms with Crippen molar-refractivity contribution in [3.05, 3.63) is 73.7 Å². The quantitative estimate of drug-likeness (QED) is 0.411. The average Bonchev–Trinajstić information content (AvgIpc) is 2.88. The topological polar surface area (TPSA) is 101 Å². The molecule has 0 N–H and O–H groups in total. The number of imide groups is 1. The van der Waals surface area contributed by atoms with Crippen molar-refractivity contribution in [3.63, 3.8) is 0 Å². The zero-order valence-corrected chi connectivity index (χ0v) is 15.8. The van der Waals surface area contributed by atoms with Crippen LogP contribution in [-0.2, 0) is 11.3 Å². The Morgan fingerprint density at radius 2 is 1.85 bits per heavy atom. The number of fused-ring (bicyclic) bond motifs is 1. The summed E-state index contributed by atoms with van der Waals surface area (Å²) in [7, 11) is 1.56. The van der Waals surface area contributed by atoms with Crippen molar-refractivity contribution in [2.75, 3.05) is 13.6 Å². The fourth-order valence-corrected chi connectivity index (χ4v) is 3.25. The predicted octanol–water partition coefficient (Wildman–Crippen LogP) is 2.61. The lowest BCUT2D eigenvalue weighted by atomic mass is 10.1. The third-order valence-corrected chi connectivity index (χ3v) is 5.03. The van der Waals surface area contributed by atoms with E-state index in [1.165, 1.54) is 17.0 Å². The third-order valence-electron chi connectivity index (χ3n) is 4.26. The number of nitro groups is 1. The van der Waals surface area contributed by atoms with E-state index in [1.54, 1.807) is 7.05 Å². The Morgan fingerprint density at radius 1 is 1.15 bits per heavy atom. The molecule has 1 aliphatic heterocycles. The number of carbonyl (C=O) groups is 3. The zero-order valence-electron chi connectivity index (χ0n) is 14.2. The van der Waals surface area contributed by atoms with Crippen LogP contribution in [0, 0.1) is 10.1 Å². The van der Waals surface area contributed by atoms with Crippen molar-refractivity contribution in [2.24, 2.45) is 0 Å². The van der Waals surface area contributed by atoms with Gasteiger partial charge in [-0.15, -0.1) is 0 Å². The maximum absolute atomic E-state index is 12.5. The number of likely N-dealkylation sites (N-methyl/N-ethyl adjacent to an activating group) is 1. The second-order valence-corrected chi connectivity index (χ2v) is 6.85. The Hall–Kier alpha value is -3.07. The van der Waals surface area contributed by atoms with Crippen LogP contribution in [0.4, 0.5) is 5.69 Å². The molecule has 138 valence electrons. The van der Waals surface area contributed by atoms with Crippen LogP contribution in [0.3, 0.4) is 0 Å². The van der Waals surface area contributed by atoms with E-state index in [2.05, 4.69) is 15.9 Å². The Kier molecular flexibility index (Phi) is 5.04. The summed E-state index contributed by atoms with van der Waals surface area (Å²) in [6.07, 6.45) is 0. The summed E-state index contributed by atoms with van der Waals surface area (Å²) in [6, 6.07) is 11.2. The molecule has 0 radical (unpaired) electrons. The smallest absolute Gasteiger partial charge is 0.282 e. The number of halogens is 1. The maximum atomic E-state index is 12.5. The molecule has 0 fully saturated rings. The Balaban J connectivity index is 1.78. The van der Waals surface area contributed by atoms with Gasteiger partial charge in [0, 0.05) is 24.1 Å². The summed E-state index contributed by atoms with van der Waals surface area (Å²) < 4.78 is 0.834. The summed E-state index contributed by atoms with van der Waals surface area (Å²) >= 11 is 3.40. The largest absolute Gasteiger partial charge is 0.340 e. The number of amides is 3. The van der Waals surface area contributed by atoms with Gasteiger partial charge in [0.15, 0.2) is 0 Å². The van der Waals surface area contributed by atoms with Gasteiger partial charge >= 0.3 is 0 Å². The molecule has 0 saturated carbocycles. The first-order chi connectivity index (χ1) is 12.8. The second-order valence-electron chi connectivity index (χ2n) is 5.99. The molecule has 3 amide bonds. The van der Waals surface area contributed by atoms with E-state index >= 15 is 0 Å². The van der Waals surface area contributed by atoms with Gasteiger partial charge in [-0.2, -0.15) is 0 Å². The maximum Gasteiger partial charge on any atom is 0.282 e. The van der Waals surface area contributed by atoms with Crippen molar-refractivity contribution in [3.8, 4) is 0 Å². The molecule has 0 bridgehead atoms. The minimum Gasteiger partial charge on any atom is -0.340 e. The van der Waals surface area contributed by atoms with Crippen LogP contribution in [0.1, 0.15) is 26.3 Å². The highest BCUT2D eigenvalue weighted by Gasteiger charge is 2.41. The van der Waals surface area contributed by atoms with Crippen LogP contribution in [0.25, 0.3) is 0 Å². The molecule has 1 aliphatic rings. The van der Waals surface area contributed by atoms with Crippen LogP contribution in [0.2, 0.25) is 0 Å². The molecule has 0 unspecified atom stereocenters. The highest BCUT2D eigenvalue weighted by atomic mass is 79.9. The van der Waals surface area contributed by atoms with Gasteiger partial charge in [-0.3, -0.25) is 29.4 Å². The van der Waals surface area contributed by atoms with Crippen LogP contribution in [0.5, 0.6) is 0 Å². The molecule has 1 heterocycles. The van der Waals surface area contributed by atoms with Crippen LogP contribution in [0.15, 0.2) is 46.9 Å². The lowest BCUT2D eigenvalue weighted by Gasteiger charge is -2.21. The molecule has 2 aromatic rings. The van der Waals surface area contributed by atoms with E-state index in [0.717, 1.165) is 21.0 Å². The standard InChI is InChI=1S/C18H14BrN3O5/c1-20(9-11-5-2-3-7-13(11)19)15(23)10-21-17(24)12-6-4-8-14(22(26)27)16(12)18(21)25/h2-8H,9-10H2,1H3. The SMILES string of the molecule is CN(Cc1ccccc1Br)C(=O)CN1C(=O)c2cccc([N+](=O)[O-])c2C1=O. The third kappa shape index (κ3) is 3.45. The van der Waals surface area contributed by atoms with Crippen molar-refractivity contribution < 1.29 is 19.3 Å². The monoisotopic (exact) mass is 431 g/mol. The Labute approximate surface area is 162 Å². The number of benzene rings is 2. The normalized spacial score (nSPS) is 12.9. The number of hydrogen-bond acceptors (Lipinski definition) is 5. The molecule has 0 aromatic heterocycles. The molecule has 9 heteroatoms. The van der Waals surface area contributed by atoms with E-state index in [1.807, 2.05) is 24.3 Å². The zero-order chi connectivity index (χ0) is 19.7. The molecule has 8 nitrogen and oxygen atoms in total. The van der Waals surface area contributed by atoms with Gasteiger partial charge in [0.2, 0.25) is 5.91 Å². The van der Waals surface area contributed by atoms with Crippen molar-refractivity contribution >= 4 is 39.3 Å². The Morgan fingerprint density at radius 3 is 2.52 bits per heavy atom. The van der Waals surface area contributed by atoms with E-state index < -0.39 is 34.9 Å². The van der Waals surface area contributed by atoms with E-state index in [0.29, 0.717) is 0 Å². The number of carbonyl (C=O) groups excluding carboxylic acids is 3. The number of rotatable bonds is 5. The molecular formula is C18H14BrN3O5. The highest BCUT2D eigenvalue weighted by molar-refractivity contribution is 9.10. The van der Waals surface area contributed by atoms with E-state index in [9.17, 15) is 24.5 Å². The molecule has 0 saturated heterocycles. The van der Waals surface area contributed by atoms with Crippen molar-refractivity contribution in [1.29, 1.82) is 0 Å². The molecular weight excluding hydrogens is 418 g/mol. The van der Waals surface area contributed by atoms with Gasteiger partial charge in [-0.05, 0) is 17.7 Å². The first-order valence-electron chi connectivity index (χ1n) is 7.92. The first-order valence-corrected chi connectivity index (χ1v) is 8.71. The molecule has 0 spiro atoms. The average molecular weight is 432 g/mol. The highest BCUT2D eigenvalue weighted by Crippen LogP contribution is 2.30. The van der Waals surface area contributed by atoms with Crippen LogP contribution < -0.4 is 0 Å². The predicted molar refractivity (Wildman–Crippen MR) is 99.1 cm³/mol. The van der Waals surface area contributed by atoms with Crippen molar-refractivity contribution in [1.82, 2.24) is 9.80 Å². The summed E-state index contributed by atoms with van der Waals surface area (Å²) in [6.45, 7) is -0.200. The summed E-state index contributed by atoms with van der Waals surface area (Å²) in [5, 5.41) is 11.1. The molecule has 0 atom stereocenters. The minimum absolute atomic E-state index is 0.0598. The second kappa shape index (κ2) is 7.28. The van der Waals surface area contributed by atoms with Gasteiger partial charge in [0.1, 0.15) is 12.1 Å². The fourth-order valence-electron chi connectivity index (χ4n) is 2.84. The molecule has 2 aromatic carbocycles. The van der Waals surface area contributed by atoms with Crippen molar-refractivity contribution in [2.45, 2.75) is 6.54 Å². The van der Waals surface area contributed by atoms with Gasteiger partial charge in [-0.25, -0.2) is 0 Å². The lowest BCUT2D eigenvalue weighted by molar-refractivity contribution is -0.385. The lowest BCUT2D eigenvalue weighted by Crippen LogP contribution is -2.41. The summed E-state index contributed by atoms with van der Waals surface area (Å²) in [5.74, 6) is -1.99. The van der Waals surface area contributed by atoms with Gasteiger partial charge in [0.25, 0.3) is 17.5 Å². The molecule has 3 rings (SSSR count). The van der Waals surface area contributed by atoms with Gasteiger partial charge in [-0.1, -0.05) is 40.2 Å². The summed E-state index contributed by atoms with van der Waals surface area (Å²) in [4.78, 5) is 50.0. The minimum atomic E-state index is -0.829. The Bertz CT molecular complexity index is 975.